The Morgan fingerprint density at radius 1 is 0.880 bits per heavy atom. The highest BCUT2D eigenvalue weighted by Crippen LogP contribution is 2.32. The molecule has 0 radical (unpaired) electrons. The molecule has 25 heavy (non-hydrogen) atoms. The second-order valence-corrected chi connectivity index (χ2v) is 7.00. The summed E-state index contributed by atoms with van der Waals surface area (Å²) in [5.74, 6) is -0.528. The predicted octanol–water partition coefficient (Wildman–Crippen LogP) is 7.32. The molecule has 0 heterocycles. The maximum absolute atomic E-state index is 14.6. The van der Waals surface area contributed by atoms with Crippen molar-refractivity contribution < 1.29 is 8.78 Å². The van der Waals surface area contributed by atoms with E-state index in [4.69, 9.17) is 0 Å². The topological polar surface area (TPSA) is 0 Å². The van der Waals surface area contributed by atoms with Gasteiger partial charge in [-0.1, -0.05) is 56.4 Å². The molecule has 1 aliphatic carbocycles. The third kappa shape index (κ3) is 4.56. The van der Waals surface area contributed by atoms with Crippen molar-refractivity contribution in [1.82, 2.24) is 0 Å². The minimum atomic E-state index is -0.298. The van der Waals surface area contributed by atoms with Gasteiger partial charge in [-0.2, -0.15) is 0 Å². The van der Waals surface area contributed by atoms with E-state index >= 15 is 0 Å². The minimum Gasteiger partial charge on any atom is -0.207 e. The van der Waals surface area contributed by atoms with Crippen LogP contribution in [0.1, 0.15) is 63.0 Å². The molecule has 2 aromatic rings. The molecule has 2 aromatic carbocycles. The van der Waals surface area contributed by atoms with Crippen LogP contribution in [0, 0.1) is 11.6 Å². The summed E-state index contributed by atoms with van der Waals surface area (Å²) in [5.41, 5.74) is 4.94. The zero-order chi connectivity index (χ0) is 17.6. The van der Waals surface area contributed by atoms with Gasteiger partial charge in [-0.15, -0.1) is 0 Å². The standard InChI is InChI=1S/C23H26F2/c1-2-3-4-5-6-7-17-8-9-19-15-22(23(25)16-20(19)14-17)18-10-12-21(24)13-11-18/h10-16H,2-9H2,1H3. The first-order chi connectivity index (χ1) is 12.2. The molecule has 0 unspecified atom stereocenters. The van der Waals surface area contributed by atoms with Crippen LogP contribution in [0.2, 0.25) is 0 Å². The lowest BCUT2D eigenvalue weighted by Crippen LogP contribution is -2.02. The van der Waals surface area contributed by atoms with E-state index in [-0.39, 0.29) is 11.6 Å². The van der Waals surface area contributed by atoms with Crippen LogP contribution in [0.15, 0.2) is 42.0 Å². The summed E-state index contributed by atoms with van der Waals surface area (Å²) in [5, 5.41) is 0. The van der Waals surface area contributed by atoms with Gasteiger partial charge in [0, 0.05) is 5.56 Å². The Labute approximate surface area is 149 Å². The van der Waals surface area contributed by atoms with Crippen molar-refractivity contribution in [2.75, 3.05) is 0 Å². The molecule has 0 saturated heterocycles. The molecule has 0 bridgehead atoms. The molecule has 0 aromatic heterocycles. The molecule has 1 aliphatic rings. The molecule has 0 spiro atoms. The van der Waals surface area contributed by atoms with Gasteiger partial charge in [0.15, 0.2) is 0 Å². The first-order valence-electron chi connectivity index (χ1n) is 9.45. The number of allylic oxidation sites excluding steroid dienone is 1. The van der Waals surface area contributed by atoms with Gasteiger partial charge in [-0.25, -0.2) is 8.78 Å². The van der Waals surface area contributed by atoms with Crippen molar-refractivity contribution in [3.63, 3.8) is 0 Å². The van der Waals surface area contributed by atoms with E-state index in [1.807, 2.05) is 6.07 Å². The van der Waals surface area contributed by atoms with E-state index in [9.17, 15) is 8.78 Å². The van der Waals surface area contributed by atoms with Crippen LogP contribution in [-0.2, 0) is 6.42 Å². The highest BCUT2D eigenvalue weighted by Gasteiger charge is 2.15. The number of halogens is 2. The Hall–Kier alpha value is -1.96. The van der Waals surface area contributed by atoms with Crippen LogP contribution in [0.25, 0.3) is 17.2 Å². The van der Waals surface area contributed by atoms with E-state index in [1.54, 1.807) is 18.2 Å². The maximum Gasteiger partial charge on any atom is 0.131 e. The van der Waals surface area contributed by atoms with E-state index in [0.717, 1.165) is 30.4 Å². The monoisotopic (exact) mass is 340 g/mol. The Morgan fingerprint density at radius 2 is 1.64 bits per heavy atom. The number of benzene rings is 2. The first-order valence-corrected chi connectivity index (χ1v) is 9.45. The molecule has 3 rings (SSSR count). The van der Waals surface area contributed by atoms with Gasteiger partial charge in [-0.05, 0) is 66.6 Å². The summed E-state index contributed by atoms with van der Waals surface area (Å²) in [4.78, 5) is 0. The van der Waals surface area contributed by atoms with Crippen LogP contribution in [0.4, 0.5) is 8.78 Å². The average Bonchev–Trinajstić information content (AvgIpc) is 2.62. The second-order valence-electron chi connectivity index (χ2n) is 7.00. The molecule has 2 heteroatoms. The van der Waals surface area contributed by atoms with Crippen molar-refractivity contribution in [2.24, 2.45) is 0 Å². The number of rotatable bonds is 7. The zero-order valence-corrected chi connectivity index (χ0v) is 15.0. The zero-order valence-electron chi connectivity index (χ0n) is 15.0. The van der Waals surface area contributed by atoms with Crippen LogP contribution >= 0.6 is 0 Å². The predicted molar refractivity (Wildman–Crippen MR) is 101 cm³/mol. The fourth-order valence-corrected chi connectivity index (χ4v) is 3.58. The average molecular weight is 340 g/mol. The molecule has 0 atom stereocenters. The van der Waals surface area contributed by atoms with Crippen LogP contribution in [0.3, 0.4) is 0 Å². The Morgan fingerprint density at radius 3 is 2.40 bits per heavy atom. The smallest absolute Gasteiger partial charge is 0.131 e. The van der Waals surface area contributed by atoms with E-state index in [1.165, 1.54) is 55.4 Å². The van der Waals surface area contributed by atoms with Crippen molar-refractivity contribution >= 4 is 6.08 Å². The van der Waals surface area contributed by atoms with Gasteiger partial charge in [0.2, 0.25) is 0 Å². The van der Waals surface area contributed by atoms with Crippen LogP contribution in [0.5, 0.6) is 0 Å². The molecule has 0 N–H and O–H groups in total. The lowest BCUT2D eigenvalue weighted by Gasteiger charge is -2.18. The van der Waals surface area contributed by atoms with E-state index in [0.29, 0.717) is 5.56 Å². The van der Waals surface area contributed by atoms with Gasteiger partial charge >= 0.3 is 0 Å². The van der Waals surface area contributed by atoms with Gasteiger partial charge < -0.3 is 0 Å². The highest BCUT2D eigenvalue weighted by molar-refractivity contribution is 5.70. The van der Waals surface area contributed by atoms with Gasteiger partial charge in [0.05, 0.1) is 0 Å². The quantitative estimate of drug-likeness (QED) is 0.463. The largest absolute Gasteiger partial charge is 0.207 e. The fraction of sp³-hybridized carbons (Fsp3) is 0.391. The molecular weight excluding hydrogens is 314 g/mol. The SMILES string of the molecule is CCCCCCCC1=Cc2cc(F)c(-c3ccc(F)cc3)cc2CC1. The van der Waals surface area contributed by atoms with E-state index in [2.05, 4.69) is 13.0 Å². The maximum atomic E-state index is 14.6. The summed E-state index contributed by atoms with van der Waals surface area (Å²) >= 11 is 0. The summed E-state index contributed by atoms with van der Waals surface area (Å²) in [6.07, 6.45) is 11.8. The molecule has 132 valence electrons. The van der Waals surface area contributed by atoms with Gasteiger partial charge in [0.25, 0.3) is 0 Å². The summed E-state index contributed by atoms with van der Waals surface area (Å²) in [7, 11) is 0. The lowest BCUT2D eigenvalue weighted by atomic mass is 9.87. The number of unbranched alkanes of at least 4 members (excludes halogenated alkanes) is 4. The van der Waals surface area contributed by atoms with Crippen LogP contribution < -0.4 is 0 Å². The highest BCUT2D eigenvalue weighted by atomic mass is 19.1. The third-order valence-electron chi connectivity index (χ3n) is 5.06. The molecule has 0 nitrogen and oxygen atoms in total. The number of hydrogen-bond acceptors (Lipinski definition) is 0. The minimum absolute atomic E-state index is 0.231. The Bertz CT molecular complexity index is 741. The number of hydrogen-bond donors (Lipinski definition) is 0. The fourth-order valence-electron chi connectivity index (χ4n) is 3.58. The van der Waals surface area contributed by atoms with Crippen LogP contribution in [-0.4, -0.2) is 0 Å². The lowest BCUT2D eigenvalue weighted by molar-refractivity contribution is 0.621. The molecule has 0 fully saturated rings. The third-order valence-corrected chi connectivity index (χ3v) is 5.06. The molecule has 0 amide bonds. The van der Waals surface area contributed by atoms with Crippen molar-refractivity contribution in [2.45, 2.75) is 58.3 Å². The first kappa shape index (κ1) is 17.8. The van der Waals surface area contributed by atoms with Crippen molar-refractivity contribution in [3.8, 4) is 11.1 Å². The molecule has 0 aliphatic heterocycles. The molecule has 0 saturated carbocycles. The molecular formula is C23H26F2. The summed E-state index contributed by atoms with van der Waals surface area (Å²) in [6.45, 7) is 2.23. The number of aryl methyl sites for hydroxylation is 1. The second kappa shape index (κ2) is 8.42. The summed E-state index contributed by atoms with van der Waals surface area (Å²) in [6, 6.07) is 9.62. The Balaban J connectivity index is 1.73. The van der Waals surface area contributed by atoms with Gasteiger partial charge in [-0.3, -0.25) is 0 Å². The number of fused-ring (bicyclic) bond motifs is 1. The summed E-state index contributed by atoms with van der Waals surface area (Å²) < 4.78 is 27.6. The van der Waals surface area contributed by atoms with Crippen molar-refractivity contribution in [3.05, 3.63) is 64.7 Å². The van der Waals surface area contributed by atoms with E-state index < -0.39 is 0 Å². The van der Waals surface area contributed by atoms with Crippen molar-refractivity contribution in [1.29, 1.82) is 0 Å². The normalized spacial score (nSPS) is 13.5. The van der Waals surface area contributed by atoms with Gasteiger partial charge in [0.1, 0.15) is 11.6 Å². The Kier molecular flexibility index (Phi) is 6.01.